The molecule has 28 heavy (non-hydrogen) atoms. The molecule has 2 heterocycles. The number of nitrogens with zero attached hydrogens (tertiary/aromatic N) is 3. The maximum atomic E-state index is 14.7. The van der Waals surface area contributed by atoms with Crippen molar-refractivity contribution in [2.24, 2.45) is 0 Å². The van der Waals surface area contributed by atoms with E-state index in [9.17, 15) is 23.2 Å². The van der Waals surface area contributed by atoms with Crippen LogP contribution >= 0.6 is 0 Å². The van der Waals surface area contributed by atoms with Gasteiger partial charge in [-0.15, -0.1) is 0 Å². The largest absolute Gasteiger partial charge is 0.442 e. The highest BCUT2D eigenvalue weighted by atomic mass is 19.1. The number of ether oxygens (including phenoxy) is 1. The van der Waals surface area contributed by atoms with Crippen molar-refractivity contribution in [3.63, 3.8) is 0 Å². The number of hydrogen-bond donors (Lipinski definition) is 1. The van der Waals surface area contributed by atoms with Gasteiger partial charge in [0, 0.05) is 26.6 Å². The van der Waals surface area contributed by atoms with E-state index in [4.69, 9.17) is 4.74 Å². The second kappa shape index (κ2) is 8.41. The Kier molecular flexibility index (Phi) is 5.96. The number of halogens is 2. The lowest BCUT2D eigenvalue weighted by Crippen LogP contribution is -2.51. The number of cyclic esters (lactones) is 1. The third-order valence-corrected chi connectivity index (χ3v) is 4.71. The van der Waals surface area contributed by atoms with E-state index >= 15 is 0 Å². The maximum absolute atomic E-state index is 14.7. The molecule has 0 spiro atoms. The summed E-state index contributed by atoms with van der Waals surface area (Å²) in [6, 6.07) is 4.31. The van der Waals surface area contributed by atoms with Crippen molar-refractivity contribution in [1.29, 1.82) is 0 Å². The SMILES string of the molecule is CC(=O)NCC1CN(c2ccc(N3CCN(CCF)C(=O)C3)c(F)c2)C(=O)O1. The summed E-state index contributed by atoms with van der Waals surface area (Å²) in [6.45, 7) is 1.88. The Bertz CT molecular complexity index is 776. The number of amides is 3. The average Bonchev–Trinajstić information content (AvgIpc) is 3.02. The second-order valence-electron chi connectivity index (χ2n) is 6.68. The highest BCUT2D eigenvalue weighted by molar-refractivity contribution is 5.90. The first kappa shape index (κ1) is 19.8. The van der Waals surface area contributed by atoms with E-state index in [-0.39, 0.29) is 43.7 Å². The molecule has 0 radical (unpaired) electrons. The normalized spacial score (nSPS) is 19.8. The quantitative estimate of drug-likeness (QED) is 0.773. The Morgan fingerprint density at radius 2 is 2.11 bits per heavy atom. The van der Waals surface area contributed by atoms with Gasteiger partial charge in [-0.2, -0.15) is 0 Å². The first-order chi connectivity index (χ1) is 13.4. The zero-order valence-electron chi connectivity index (χ0n) is 15.5. The Hall–Kier alpha value is -2.91. The summed E-state index contributed by atoms with van der Waals surface area (Å²) in [6.07, 6.45) is -1.13. The van der Waals surface area contributed by atoms with Gasteiger partial charge in [0.2, 0.25) is 11.8 Å². The van der Waals surface area contributed by atoms with Crippen LogP contribution in [0.15, 0.2) is 18.2 Å². The molecule has 0 saturated carbocycles. The fourth-order valence-electron chi connectivity index (χ4n) is 3.27. The lowest BCUT2D eigenvalue weighted by Gasteiger charge is -2.35. The lowest BCUT2D eigenvalue weighted by atomic mass is 10.2. The number of carbonyl (C=O) groups is 3. The number of piperazine rings is 1. The van der Waals surface area contributed by atoms with Gasteiger partial charge in [-0.3, -0.25) is 14.5 Å². The predicted molar refractivity (Wildman–Crippen MR) is 97.5 cm³/mol. The second-order valence-corrected chi connectivity index (χ2v) is 6.68. The first-order valence-electron chi connectivity index (χ1n) is 9.00. The van der Waals surface area contributed by atoms with Crippen LogP contribution < -0.4 is 15.1 Å². The van der Waals surface area contributed by atoms with Crippen molar-refractivity contribution in [3.8, 4) is 0 Å². The fraction of sp³-hybridized carbons (Fsp3) is 0.500. The van der Waals surface area contributed by atoms with E-state index in [1.165, 1.54) is 28.9 Å². The number of anilines is 2. The molecule has 2 saturated heterocycles. The summed E-state index contributed by atoms with van der Waals surface area (Å²) >= 11 is 0. The Balaban J connectivity index is 1.67. The molecule has 152 valence electrons. The van der Waals surface area contributed by atoms with Gasteiger partial charge in [0.25, 0.3) is 0 Å². The summed E-state index contributed by atoms with van der Waals surface area (Å²) in [4.78, 5) is 39.4. The number of carbonyl (C=O) groups excluding carboxylic acids is 3. The van der Waals surface area contributed by atoms with Gasteiger partial charge in [-0.25, -0.2) is 13.6 Å². The van der Waals surface area contributed by atoms with Gasteiger partial charge >= 0.3 is 6.09 Å². The molecule has 8 nitrogen and oxygen atoms in total. The van der Waals surface area contributed by atoms with Crippen LogP contribution in [-0.2, 0) is 14.3 Å². The van der Waals surface area contributed by atoms with Gasteiger partial charge < -0.3 is 19.9 Å². The smallest absolute Gasteiger partial charge is 0.414 e. The minimum Gasteiger partial charge on any atom is -0.442 e. The summed E-state index contributed by atoms with van der Waals surface area (Å²) in [7, 11) is 0. The number of rotatable bonds is 6. The number of nitrogens with one attached hydrogen (secondary N) is 1. The van der Waals surface area contributed by atoms with Crippen molar-refractivity contribution in [1.82, 2.24) is 10.2 Å². The third-order valence-electron chi connectivity index (χ3n) is 4.71. The van der Waals surface area contributed by atoms with E-state index in [1.54, 1.807) is 11.0 Å². The highest BCUT2D eigenvalue weighted by Crippen LogP contribution is 2.28. The van der Waals surface area contributed by atoms with E-state index in [0.29, 0.717) is 18.8 Å². The molecule has 2 fully saturated rings. The molecular formula is C18H22F2N4O4. The zero-order chi connectivity index (χ0) is 20.3. The molecule has 0 aliphatic carbocycles. The Morgan fingerprint density at radius 1 is 1.32 bits per heavy atom. The standard InChI is InChI=1S/C18H22F2N4O4/c1-12(25)21-9-14-10-24(18(27)28-14)13-2-3-16(15(20)8-13)23-7-6-22(5-4-19)17(26)11-23/h2-3,8,14H,4-7,9-11H2,1H3,(H,21,25). The molecule has 2 aliphatic heterocycles. The van der Waals surface area contributed by atoms with Crippen molar-refractivity contribution < 1.29 is 27.9 Å². The molecule has 10 heteroatoms. The first-order valence-corrected chi connectivity index (χ1v) is 9.00. The third kappa shape index (κ3) is 4.32. The average molecular weight is 396 g/mol. The van der Waals surface area contributed by atoms with Crippen molar-refractivity contribution >= 4 is 29.3 Å². The molecule has 1 unspecified atom stereocenters. The molecule has 1 atom stereocenters. The molecule has 2 aliphatic rings. The van der Waals surface area contributed by atoms with Crippen LogP contribution in [0.25, 0.3) is 0 Å². The van der Waals surface area contributed by atoms with Crippen molar-refractivity contribution in [2.45, 2.75) is 13.0 Å². The minimum atomic E-state index is -0.613. The number of benzene rings is 1. The van der Waals surface area contributed by atoms with Crippen LogP contribution in [0, 0.1) is 5.82 Å². The number of alkyl halides is 1. The van der Waals surface area contributed by atoms with Crippen LogP contribution in [0.1, 0.15) is 6.92 Å². The minimum absolute atomic E-state index is 0.0270. The fourth-order valence-corrected chi connectivity index (χ4v) is 3.27. The molecular weight excluding hydrogens is 374 g/mol. The molecule has 0 aromatic heterocycles. The Morgan fingerprint density at radius 3 is 2.75 bits per heavy atom. The van der Waals surface area contributed by atoms with Crippen LogP contribution in [0.5, 0.6) is 0 Å². The van der Waals surface area contributed by atoms with Crippen LogP contribution in [0.3, 0.4) is 0 Å². The summed E-state index contributed by atoms with van der Waals surface area (Å²) in [5, 5.41) is 2.58. The van der Waals surface area contributed by atoms with Crippen LogP contribution in [0.4, 0.5) is 25.0 Å². The molecule has 1 aromatic rings. The summed E-state index contributed by atoms with van der Waals surface area (Å²) < 4.78 is 32.3. The highest BCUT2D eigenvalue weighted by Gasteiger charge is 2.33. The van der Waals surface area contributed by atoms with Gasteiger partial charge in [-0.05, 0) is 18.2 Å². The molecule has 0 bridgehead atoms. The maximum Gasteiger partial charge on any atom is 0.414 e. The lowest BCUT2D eigenvalue weighted by molar-refractivity contribution is -0.131. The van der Waals surface area contributed by atoms with E-state index in [1.807, 2.05) is 0 Å². The van der Waals surface area contributed by atoms with Crippen molar-refractivity contribution in [2.75, 3.05) is 55.7 Å². The topological polar surface area (TPSA) is 82.2 Å². The van der Waals surface area contributed by atoms with E-state index in [0.717, 1.165) is 0 Å². The van der Waals surface area contributed by atoms with Crippen molar-refractivity contribution in [3.05, 3.63) is 24.0 Å². The number of hydrogen-bond acceptors (Lipinski definition) is 5. The van der Waals surface area contributed by atoms with Gasteiger partial charge in [0.05, 0.1) is 31.0 Å². The predicted octanol–water partition coefficient (Wildman–Crippen LogP) is 0.905. The van der Waals surface area contributed by atoms with Gasteiger partial charge in [0.1, 0.15) is 18.6 Å². The van der Waals surface area contributed by atoms with E-state index < -0.39 is 24.7 Å². The van der Waals surface area contributed by atoms with Gasteiger partial charge in [-0.1, -0.05) is 0 Å². The molecule has 3 amide bonds. The monoisotopic (exact) mass is 396 g/mol. The summed E-state index contributed by atoms with van der Waals surface area (Å²) in [5.41, 5.74) is 0.582. The van der Waals surface area contributed by atoms with Crippen LogP contribution in [0.2, 0.25) is 0 Å². The van der Waals surface area contributed by atoms with E-state index in [2.05, 4.69) is 5.32 Å². The Labute approximate surface area is 161 Å². The zero-order valence-corrected chi connectivity index (χ0v) is 15.5. The molecule has 1 N–H and O–H groups in total. The molecule has 3 rings (SSSR count). The summed E-state index contributed by atoms with van der Waals surface area (Å²) in [5.74, 6) is -1.05. The van der Waals surface area contributed by atoms with Gasteiger partial charge in [0.15, 0.2) is 0 Å². The molecule has 1 aromatic carbocycles. The van der Waals surface area contributed by atoms with Crippen LogP contribution in [-0.4, -0.2) is 74.9 Å².